The summed E-state index contributed by atoms with van der Waals surface area (Å²) >= 11 is 3.32. The van der Waals surface area contributed by atoms with Gasteiger partial charge in [0.2, 0.25) is 0 Å². The van der Waals surface area contributed by atoms with E-state index in [-0.39, 0.29) is 17.1 Å². The van der Waals surface area contributed by atoms with E-state index in [1.54, 1.807) is 11.7 Å². The molecule has 0 spiro atoms. The van der Waals surface area contributed by atoms with E-state index in [4.69, 9.17) is 5.73 Å². The Morgan fingerprint density at radius 2 is 2.14 bits per heavy atom. The topological polar surface area (TPSA) is 108 Å². The molecule has 0 aliphatic heterocycles. The summed E-state index contributed by atoms with van der Waals surface area (Å²) in [7, 11) is 1.74. The van der Waals surface area contributed by atoms with E-state index in [1.165, 1.54) is 10.9 Å². The number of aryl methyl sites for hydroxylation is 2. The first-order valence-corrected chi connectivity index (χ1v) is 7.02. The average molecular weight is 355 g/mol. The summed E-state index contributed by atoms with van der Waals surface area (Å²) in [4.78, 5) is 23.8. The van der Waals surface area contributed by atoms with Crippen molar-refractivity contribution in [2.24, 2.45) is 12.8 Å². The maximum Gasteiger partial charge on any atom is 0.277 e. The smallest absolute Gasteiger partial charge is 0.277 e. The number of aromatic nitrogens is 4. The zero-order valence-electron chi connectivity index (χ0n) is 11.8. The molecule has 0 saturated carbocycles. The largest absolute Gasteiger partial charge is 0.364 e. The van der Waals surface area contributed by atoms with E-state index in [1.807, 2.05) is 13.8 Å². The van der Waals surface area contributed by atoms with E-state index < -0.39 is 11.8 Å². The molecule has 0 saturated heterocycles. The number of hydrogen-bond acceptors (Lipinski definition) is 4. The zero-order chi connectivity index (χ0) is 15.7. The number of nitrogens with two attached hydrogens (primary N) is 1. The lowest BCUT2D eigenvalue weighted by Gasteiger charge is -2.05. The predicted octanol–water partition coefficient (Wildman–Crippen LogP) is 1.06. The Morgan fingerprint density at radius 3 is 2.62 bits per heavy atom. The van der Waals surface area contributed by atoms with Crippen LogP contribution in [-0.2, 0) is 13.6 Å². The van der Waals surface area contributed by atoms with Gasteiger partial charge >= 0.3 is 0 Å². The first-order valence-electron chi connectivity index (χ1n) is 6.22. The Morgan fingerprint density at radius 1 is 1.48 bits per heavy atom. The van der Waals surface area contributed by atoms with Gasteiger partial charge in [0.15, 0.2) is 5.69 Å². The van der Waals surface area contributed by atoms with Crippen LogP contribution < -0.4 is 11.1 Å². The number of carbonyl (C=O) groups is 2. The fourth-order valence-corrected chi connectivity index (χ4v) is 2.40. The predicted molar refractivity (Wildman–Crippen MR) is 80.0 cm³/mol. The third-order valence-corrected chi connectivity index (χ3v) is 4.05. The molecule has 0 aliphatic carbocycles. The zero-order valence-corrected chi connectivity index (χ0v) is 13.4. The molecule has 21 heavy (non-hydrogen) atoms. The van der Waals surface area contributed by atoms with E-state index in [0.717, 1.165) is 5.69 Å². The van der Waals surface area contributed by atoms with Crippen LogP contribution in [0.3, 0.4) is 0 Å². The molecule has 0 unspecified atom stereocenters. The minimum Gasteiger partial charge on any atom is -0.364 e. The second-order valence-electron chi connectivity index (χ2n) is 4.41. The maximum atomic E-state index is 12.3. The van der Waals surface area contributed by atoms with Crippen molar-refractivity contribution in [3.8, 4) is 0 Å². The lowest BCUT2D eigenvalue weighted by atomic mass is 10.3. The molecule has 2 heterocycles. The molecule has 0 radical (unpaired) electrons. The SMILES string of the molecule is CCn1ncc(NC(=O)c2nn(C)c(C)c2Br)c1C(N)=O. The van der Waals surface area contributed by atoms with Crippen LogP contribution in [0, 0.1) is 6.92 Å². The van der Waals surface area contributed by atoms with Crippen LogP contribution in [0.5, 0.6) is 0 Å². The Balaban J connectivity index is 2.34. The summed E-state index contributed by atoms with van der Waals surface area (Å²) in [6, 6.07) is 0. The molecule has 0 aromatic carbocycles. The van der Waals surface area contributed by atoms with Crippen molar-refractivity contribution >= 4 is 33.4 Å². The fraction of sp³-hybridized carbons (Fsp3) is 0.333. The van der Waals surface area contributed by atoms with Gasteiger partial charge in [-0.05, 0) is 29.8 Å². The molecule has 0 aliphatic rings. The molecule has 8 nitrogen and oxygen atoms in total. The van der Waals surface area contributed by atoms with Crippen LogP contribution in [0.15, 0.2) is 10.7 Å². The highest BCUT2D eigenvalue weighted by Gasteiger charge is 2.22. The average Bonchev–Trinajstić information content (AvgIpc) is 2.95. The van der Waals surface area contributed by atoms with Gasteiger partial charge in [-0.15, -0.1) is 0 Å². The number of anilines is 1. The van der Waals surface area contributed by atoms with Crippen LogP contribution in [0.1, 0.15) is 33.6 Å². The third kappa shape index (κ3) is 2.68. The summed E-state index contributed by atoms with van der Waals surface area (Å²) < 4.78 is 3.62. The number of rotatable bonds is 4. The van der Waals surface area contributed by atoms with Gasteiger partial charge in [-0.2, -0.15) is 10.2 Å². The quantitative estimate of drug-likeness (QED) is 0.855. The molecular formula is C12H15BrN6O2. The highest BCUT2D eigenvalue weighted by molar-refractivity contribution is 9.10. The number of nitrogens with one attached hydrogen (secondary N) is 1. The maximum absolute atomic E-state index is 12.3. The number of nitrogens with zero attached hydrogens (tertiary/aromatic N) is 4. The number of carbonyl (C=O) groups excluding carboxylic acids is 2. The number of amides is 2. The minimum atomic E-state index is -0.652. The summed E-state index contributed by atoms with van der Waals surface area (Å²) in [6.07, 6.45) is 1.39. The Hall–Kier alpha value is -2.16. The molecule has 0 atom stereocenters. The highest BCUT2D eigenvalue weighted by atomic mass is 79.9. The summed E-state index contributed by atoms with van der Waals surface area (Å²) in [6.45, 7) is 4.13. The van der Waals surface area contributed by atoms with Gasteiger partial charge in [0, 0.05) is 13.6 Å². The normalized spacial score (nSPS) is 10.7. The molecule has 2 aromatic rings. The third-order valence-electron chi connectivity index (χ3n) is 3.10. The molecule has 2 rings (SSSR count). The van der Waals surface area contributed by atoms with Gasteiger partial charge in [-0.1, -0.05) is 0 Å². The molecule has 0 fully saturated rings. The van der Waals surface area contributed by atoms with Gasteiger partial charge < -0.3 is 11.1 Å². The lowest BCUT2D eigenvalue weighted by molar-refractivity contribution is 0.0991. The van der Waals surface area contributed by atoms with Gasteiger partial charge in [-0.3, -0.25) is 19.0 Å². The standard InChI is InChI=1S/C12H15BrN6O2/c1-4-19-10(11(14)20)7(5-15-19)16-12(21)9-8(13)6(2)18(3)17-9/h5H,4H2,1-3H3,(H2,14,20)(H,16,21). The Bertz CT molecular complexity index is 718. The Kier molecular flexibility index (Phi) is 4.12. The van der Waals surface area contributed by atoms with Crippen molar-refractivity contribution < 1.29 is 9.59 Å². The monoisotopic (exact) mass is 354 g/mol. The van der Waals surface area contributed by atoms with E-state index in [0.29, 0.717) is 11.0 Å². The van der Waals surface area contributed by atoms with Crippen molar-refractivity contribution in [2.45, 2.75) is 20.4 Å². The lowest BCUT2D eigenvalue weighted by Crippen LogP contribution is -2.21. The molecule has 2 aromatic heterocycles. The first-order chi connectivity index (χ1) is 9.86. The summed E-state index contributed by atoms with van der Waals surface area (Å²) in [5, 5.41) is 10.7. The molecule has 9 heteroatoms. The van der Waals surface area contributed by atoms with Crippen LogP contribution >= 0.6 is 15.9 Å². The summed E-state index contributed by atoms with van der Waals surface area (Å²) in [5.41, 5.74) is 6.81. The molecular weight excluding hydrogens is 340 g/mol. The van der Waals surface area contributed by atoms with E-state index in [9.17, 15) is 9.59 Å². The molecule has 3 N–H and O–H groups in total. The van der Waals surface area contributed by atoms with E-state index >= 15 is 0 Å². The van der Waals surface area contributed by atoms with Gasteiger partial charge in [0.25, 0.3) is 11.8 Å². The van der Waals surface area contributed by atoms with Crippen LogP contribution in [0.2, 0.25) is 0 Å². The van der Waals surface area contributed by atoms with Gasteiger partial charge in [-0.25, -0.2) is 0 Å². The van der Waals surface area contributed by atoms with Crippen LogP contribution in [0.4, 0.5) is 5.69 Å². The van der Waals surface area contributed by atoms with Crippen LogP contribution in [0.25, 0.3) is 0 Å². The van der Waals surface area contributed by atoms with Crippen molar-refractivity contribution in [1.82, 2.24) is 19.6 Å². The highest BCUT2D eigenvalue weighted by Crippen LogP contribution is 2.22. The van der Waals surface area contributed by atoms with Crippen LogP contribution in [-0.4, -0.2) is 31.4 Å². The number of primary amides is 1. The number of hydrogen-bond donors (Lipinski definition) is 2. The van der Waals surface area contributed by atoms with Crippen molar-refractivity contribution in [2.75, 3.05) is 5.32 Å². The van der Waals surface area contributed by atoms with Crippen molar-refractivity contribution in [1.29, 1.82) is 0 Å². The minimum absolute atomic E-state index is 0.162. The van der Waals surface area contributed by atoms with Crippen molar-refractivity contribution in [3.05, 3.63) is 27.8 Å². The molecule has 2 amide bonds. The number of halogens is 1. The second kappa shape index (κ2) is 5.68. The second-order valence-corrected chi connectivity index (χ2v) is 5.21. The summed E-state index contributed by atoms with van der Waals surface area (Å²) in [5.74, 6) is -1.09. The first kappa shape index (κ1) is 15.2. The van der Waals surface area contributed by atoms with Gasteiger partial charge in [0.05, 0.1) is 22.1 Å². The molecule has 0 bridgehead atoms. The Labute approximate surface area is 129 Å². The van der Waals surface area contributed by atoms with Crippen molar-refractivity contribution in [3.63, 3.8) is 0 Å². The molecule has 112 valence electrons. The van der Waals surface area contributed by atoms with Gasteiger partial charge in [0.1, 0.15) is 5.69 Å². The fourth-order valence-electron chi connectivity index (χ4n) is 1.89. The van der Waals surface area contributed by atoms with E-state index in [2.05, 4.69) is 31.4 Å².